The Hall–Kier alpha value is -2.87. The van der Waals surface area contributed by atoms with Crippen LogP contribution in [0, 0.1) is 24.0 Å². The summed E-state index contributed by atoms with van der Waals surface area (Å²) < 4.78 is 5.40. The lowest BCUT2D eigenvalue weighted by Crippen LogP contribution is -2.43. The third kappa shape index (κ3) is 4.80. The number of hydrogen-bond donors (Lipinski definition) is 3. The van der Waals surface area contributed by atoms with Gasteiger partial charge >= 0.3 is 6.03 Å². The second-order valence-electron chi connectivity index (χ2n) is 6.06. The SMILES string of the molecule is Cc1cc([C@](C)(O)CNC(=O)NCc2cccc([N+](=O)[O-])c2)c(C)o1. The Morgan fingerprint density at radius 1 is 1.32 bits per heavy atom. The van der Waals surface area contributed by atoms with E-state index in [0.29, 0.717) is 22.6 Å². The lowest BCUT2D eigenvalue weighted by Gasteiger charge is -2.23. The van der Waals surface area contributed by atoms with Gasteiger partial charge in [0.15, 0.2) is 0 Å². The van der Waals surface area contributed by atoms with E-state index < -0.39 is 16.6 Å². The predicted octanol–water partition coefficient (Wildman–Crippen LogP) is 2.51. The molecule has 3 N–H and O–H groups in total. The van der Waals surface area contributed by atoms with E-state index in [9.17, 15) is 20.0 Å². The molecule has 1 aromatic heterocycles. The number of furan rings is 1. The largest absolute Gasteiger partial charge is 0.466 e. The molecule has 0 aliphatic rings. The van der Waals surface area contributed by atoms with Crippen molar-refractivity contribution in [2.24, 2.45) is 0 Å². The highest BCUT2D eigenvalue weighted by Gasteiger charge is 2.28. The second kappa shape index (κ2) is 7.35. The number of rotatable bonds is 6. The molecule has 0 fully saturated rings. The molecule has 1 atom stereocenters. The van der Waals surface area contributed by atoms with Crippen molar-refractivity contribution in [3.63, 3.8) is 0 Å². The number of benzene rings is 1. The molecule has 8 heteroatoms. The minimum atomic E-state index is -1.27. The van der Waals surface area contributed by atoms with E-state index in [1.54, 1.807) is 39.0 Å². The molecule has 0 aliphatic heterocycles. The van der Waals surface area contributed by atoms with Gasteiger partial charge in [-0.3, -0.25) is 10.1 Å². The fourth-order valence-corrected chi connectivity index (χ4v) is 2.54. The summed E-state index contributed by atoms with van der Waals surface area (Å²) in [4.78, 5) is 22.2. The summed E-state index contributed by atoms with van der Waals surface area (Å²) in [5.74, 6) is 1.28. The maximum Gasteiger partial charge on any atom is 0.315 e. The lowest BCUT2D eigenvalue weighted by molar-refractivity contribution is -0.384. The zero-order valence-corrected chi connectivity index (χ0v) is 14.3. The number of nitro groups is 1. The third-order valence-electron chi connectivity index (χ3n) is 3.79. The van der Waals surface area contributed by atoms with Crippen molar-refractivity contribution in [2.45, 2.75) is 32.9 Å². The summed E-state index contributed by atoms with van der Waals surface area (Å²) >= 11 is 0. The highest BCUT2D eigenvalue weighted by molar-refractivity contribution is 5.74. The van der Waals surface area contributed by atoms with Crippen LogP contribution >= 0.6 is 0 Å². The van der Waals surface area contributed by atoms with Crippen LogP contribution in [0.15, 0.2) is 34.7 Å². The van der Waals surface area contributed by atoms with E-state index in [0.717, 1.165) is 0 Å². The maximum absolute atomic E-state index is 11.9. The standard InChI is InChI=1S/C17H21N3O5/c1-11-7-15(12(2)25-11)17(3,22)10-19-16(21)18-9-13-5-4-6-14(8-13)20(23)24/h4-8,22H,9-10H2,1-3H3,(H2,18,19,21)/t17-/m1/s1. The molecular weight excluding hydrogens is 326 g/mol. The number of nitro benzene ring substituents is 1. The van der Waals surface area contributed by atoms with Crippen LogP contribution in [0.25, 0.3) is 0 Å². The zero-order chi connectivity index (χ0) is 18.6. The summed E-state index contributed by atoms with van der Waals surface area (Å²) in [5.41, 5.74) is -0.0834. The Balaban J connectivity index is 1.89. The first-order valence-electron chi connectivity index (χ1n) is 7.74. The Kier molecular flexibility index (Phi) is 5.43. The van der Waals surface area contributed by atoms with Crippen LogP contribution in [0.2, 0.25) is 0 Å². The van der Waals surface area contributed by atoms with Gasteiger partial charge in [0, 0.05) is 24.2 Å². The van der Waals surface area contributed by atoms with Crippen molar-refractivity contribution in [3.8, 4) is 0 Å². The molecule has 0 unspecified atom stereocenters. The Morgan fingerprint density at radius 3 is 2.64 bits per heavy atom. The van der Waals surface area contributed by atoms with Crippen LogP contribution in [-0.2, 0) is 12.1 Å². The Bertz CT molecular complexity index is 782. The minimum absolute atomic E-state index is 0.00636. The van der Waals surface area contributed by atoms with E-state index >= 15 is 0 Å². The fraction of sp³-hybridized carbons (Fsp3) is 0.353. The number of carbonyl (C=O) groups is 1. The number of nitrogens with zero attached hydrogens (tertiary/aromatic N) is 1. The summed E-state index contributed by atoms with van der Waals surface area (Å²) in [7, 11) is 0. The molecule has 134 valence electrons. The number of non-ortho nitro benzene ring substituents is 1. The first kappa shape index (κ1) is 18.5. The topological polar surface area (TPSA) is 118 Å². The normalized spacial score (nSPS) is 13.1. The Morgan fingerprint density at radius 2 is 2.04 bits per heavy atom. The molecule has 8 nitrogen and oxygen atoms in total. The number of hydrogen-bond acceptors (Lipinski definition) is 5. The number of urea groups is 1. The molecule has 0 spiro atoms. The van der Waals surface area contributed by atoms with Crippen molar-refractivity contribution >= 4 is 11.7 Å². The number of aliphatic hydroxyl groups is 1. The first-order valence-corrected chi connectivity index (χ1v) is 7.74. The van der Waals surface area contributed by atoms with Crippen LogP contribution in [0.5, 0.6) is 0 Å². The van der Waals surface area contributed by atoms with Crippen LogP contribution in [0.4, 0.5) is 10.5 Å². The molecule has 0 bridgehead atoms. The van der Waals surface area contributed by atoms with Gasteiger partial charge in [0.1, 0.15) is 17.1 Å². The molecule has 2 rings (SSSR count). The van der Waals surface area contributed by atoms with Gasteiger partial charge < -0.3 is 20.2 Å². The number of nitrogens with one attached hydrogen (secondary N) is 2. The fourth-order valence-electron chi connectivity index (χ4n) is 2.54. The number of carbonyl (C=O) groups excluding carboxylic acids is 1. The molecule has 0 saturated heterocycles. The van der Waals surface area contributed by atoms with E-state index in [-0.39, 0.29) is 18.8 Å². The predicted molar refractivity (Wildman–Crippen MR) is 91.1 cm³/mol. The number of aryl methyl sites for hydroxylation is 2. The average Bonchev–Trinajstić information content (AvgIpc) is 2.90. The molecule has 2 amide bonds. The summed E-state index contributed by atoms with van der Waals surface area (Å²) in [5, 5.41) is 26.5. The van der Waals surface area contributed by atoms with E-state index in [1.165, 1.54) is 12.1 Å². The van der Waals surface area contributed by atoms with Gasteiger partial charge in [-0.2, -0.15) is 0 Å². The van der Waals surface area contributed by atoms with Crippen molar-refractivity contribution in [2.75, 3.05) is 6.54 Å². The minimum Gasteiger partial charge on any atom is -0.466 e. The molecule has 1 heterocycles. The van der Waals surface area contributed by atoms with Gasteiger partial charge in [-0.25, -0.2) is 4.79 Å². The molecule has 0 radical (unpaired) electrons. The molecule has 1 aromatic carbocycles. The van der Waals surface area contributed by atoms with Gasteiger partial charge in [0.25, 0.3) is 5.69 Å². The van der Waals surface area contributed by atoms with Gasteiger partial charge in [-0.15, -0.1) is 0 Å². The average molecular weight is 347 g/mol. The Labute approximate surface area is 145 Å². The van der Waals surface area contributed by atoms with Crippen LogP contribution < -0.4 is 10.6 Å². The van der Waals surface area contributed by atoms with E-state index in [4.69, 9.17) is 4.42 Å². The third-order valence-corrected chi connectivity index (χ3v) is 3.79. The zero-order valence-electron chi connectivity index (χ0n) is 14.3. The van der Waals surface area contributed by atoms with Gasteiger partial charge in [-0.1, -0.05) is 12.1 Å². The van der Waals surface area contributed by atoms with Gasteiger partial charge in [0.05, 0.1) is 11.5 Å². The maximum atomic E-state index is 11.9. The monoisotopic (exact) mass is 347 g/mol. The smallest absolute Gasteiger partial charge is 0.315 e. The van der Waals surface area contributed by atoms with Crippen LogP contribution in [-0.4, -0.2) is 22.6 Å². The van der Waals surface area contributed by atoms with Gasteiger partial charge in [-0.05, 0) is 32.4 Å². The highest BCUT2D eigenvalue weighted by atomic mass is 16.6. The van der Waals surface area contributed by atoms with Crippen molar-refractivity contribution < 1.29 is 19.2 Å². The summed E-state index contributed by atoms with van der Waals surface area (Å²) in [6.45, 7) is 5.25. The van der Waals surface area contributed by atoms with Crippen molar-refractivity contribution in [3.05, 3.63) is 63.1 Å². The van der Waals surface area contributed by atoms with Crippen LogP contribution in [0.3, 0.4) is 0 Å². The van der Waals surface area contributed by atoms with Crippen molar-refractivity contribution in [1.82, 2.24) is 10.6 Å². The first-order chi connectivity index (χ1) is 11.7. The summed E-state index contributed by atoms with van der Waals surface area (Å²) in [6, 6.07) is 7.27. The molecule has 25 heavy (non-hydrogen) atoms. The van der Waals surface area contributed by atoms with E-state index in [1.807, 2.05) is 0 Å². The molecule has 0 aliphatic carbocycles. The molecular formula is C17H21N3O5. The quantitative estimate of drug-likeness (QED) is 0.548. The lowest BCUT2D eigenvalue weighted by atomic mass is 9.96. The molecule has 0 saturated carbocycles. The molecule has 2 aromatic rings. The highest BCUT2D eigenvalue weighted by Crippen LogP contribution is 2.26. The number of amides is 2. The van der Waals surface area contributed by atoms with Crippen molar-refractivity contribution in [1.29, 1.82) is 0 Å². The van der Waals surface area contributed by atoms with Gasteiger partial charge in [0.2, 0.25) is 0 Å². The van der Waals surface area contributed by atoms with E-state index in [2.05, 4.69) is 10.6 Å². The second-order valence-corrected chi connectivity index (χ2v) is 6.06. The van der Waals surface area contributed by atoms with Crippen LogP contribution in [0.1, 0.15) is 29.6 Å². The summed E-state index contributed by atoms with van der Waals surface area (Å²) in [6.07, 6.45) is 0.